The number of nitrogens with zero attached hydrogens (tertiary/aromatic N) is 3. The number of anilines is 2. The molecule has 0 aromatic heterocycles. The molecule has 0 saturated carbocycles. The van der Waals surface area contributed by atoms with Gasteiger partial charge in [-0.25, -0.2) is 0 Å². The molecule has 2 N–H and O–H groups in total. The molecule has 9 nitrogen and oxygen atoms in total. The number of amidine groups is 1. The normalized spacial score (nSPS) is 17.0. The third-order valence-electron chi connectivity index (χ3n) is 4.66. The van der Waals surface area contributed by atoms with Crippen molar-refractivity contribution in [1.29, 1.82) is 0 Å². The second-order valence-electron chi connectivity index (χ2n) is 6.58. The summed E-state index contributed by atoms with van der Waals surface area (Å²) in [5, 5.41) is 7.59. The fourth-order valence-electron chi connectivity index (χ4n) is 3.16. The molecule has 1 atom stereocenters. The minimum Gasteiger partial charge on any atom is -0.493 e. The molecule has 0 radical (unpaired) electrons. The van der Waals surface area contributed by atoms with Crippen LogP contribution in [-0.2, 0) is 9.59 Å². The zero-order valence-electron chi connectivity index (χ0n) is 16.9. The van der Waals surface area contributed by atoms with Gasteiger partial charge in [-0.3, -0.25) is 24.8 Å². The Morgan fingerprint density at radius 1 is 1.13 bits per heavy atom. The van der Waals surface area contributed by atoms with Gasteiger partial charge in [-0.2, -0.15) is 5.10 Å². The van der Waals surface area contributed by atoms with Gasteiger partial charge in [0.1, 0.15) is 0 Å². The van der Waals surface area contributed by atoms with E-state index in [1.54, 1.807) is 47.5 Å². The van der Waals surface area contributed by atoms with Gasteiger partial charge in [-0.15, -0.1) is 0 Å². The summed E-state index contributed by atoms with van der Waals surface area (Å²) in [6.07, 6.45) is 2.83. The number of fused-ring (bicyclic) bond motifs is 1. The predicted molar refractivity (Wildman–Crippen MR) is 120 cm³/mol. The molecule has 0 bridgehead atoms. The largest absolute Gasteiger partial charge is 0.493 e. The quantitative estimate of drug-likeness (QED) is 0.714. The van der Waals surface area contributed by atoms with E-state index in [-0.39, 0.29) is 17.6 Å². The van der Waals surface area contributed by atoms with Gasteiger partial charge in [-0.1, -0.05) is 30.0 Å². The number of para-hydroxylation sites is 1. The molecule has 2 aliphatic rings. The van der Waals surface area contributed by atoms with Crippen LogP contribution in [0.25, 0.3) is 0 Å². The van der Waals surface area contributed by atoms with E-state index in [2.05, 4.69) is 15.8 Å². The topological polar surface area (TPSA) is 95.5 Å². The number of hydrogen-bond donors (Lipinski definition) is 2. The van der Waals surface area contributed by atoms with Crippen molar-refractivity contribution in [3.63, 3.8) is 0 Å². The van der Waals surface area contributed by atoms with Crippen LogP contribution in [0, 0.1) is 0 Å². The zero-order valence-corrected chi connectivity index (χ0v) is 17.8. The third kappa shape index (κ3) is 4.29. The average Bonchev–Trinajstić information content (AvgIpc) is 3.22. The highest BCUT2D eigenvalue weighted by Crippen LogP contribution is 2.30. The standard InChI is InChI=1S/C21H21N5O4S/c1-29-16-9-8-14(12-17(16)30-2)22-18(27)13-31-21-24-23-19-20(28)25(10-11-26(19)21)15-6-4-3-5-7-15/h3-12,19,23H,13H2,1-2H3,(H,22,27). The maximum absolute atomic E-state index is 12.8. The summed E-state index contributed by atoms with van der Waals surface area (Å²) in [5.41, 5.74) is 4.22. The number of amides is 2. The lowest BCUT2D eigenvalue weighted by Crippen LogP contribution is -2.52. The molecule has 2 aromatic rings. The number of ether oxygens (including phenoxy) is 2. The minimum atomic E-state index is -0.637. The molecule has 4 rings (SSSR count). The summed E-state index contributed by atoms with van der Waals surface area (Å²) < 4.78 is 10.4. The molecule has 2 amide bonds. The fraction of sp³-hybridized carbons (Fsp3) is 0.190. The van der Waals surface area contributed by atoms with Gasteiger partial charge in [0.15, 0.2) is 16.7 Å². The number of rotatable bonds is 6. The lowest BCUT2D eigenvalue weighted by atomic mass is 10.2. The van der Waals surface area contributed by atoms with Crippen LogP contribution in [0.4, 0.5) is 11.4 Å². The summed E-state index contributed by atoms with van der Waals surface area (Å²) in [7, 11) is 3.09. The molecule has 0 saturated heterocycles. The summed E-state index contributed by atoms with van der Waals surface area (Å²) >= 11 is 1.24. The van der Waals surface area contributed by atoms with E-state index in [9.17, 15) is 9.59 Å². The first-order chi connectivity index (χ1) is 15.1. The Morgan fingerprint density at radius 3 is 2.65 bits per heavy atom. The molecule has 2 aromatic carbocycles. The molecule has 2 aliphatic heterocycles. The van der Waals surface area contributed by atoms with Gasteiger partial charge in [0.05, 0.1) is 20.0 Å². The van der Waals surface area contributed by atoms with E-state index < -0.39 is 6.17 Å². The lowest BCUT2D eigenvalue weighted by molar-refractivity contribution is -0.122. The Labute approximate surface area is 183 Å². The molecule has 0 fully saturated rings. The molecule has 10 heteroatoms. The van der Waals surface area contributed by atoms with E-state index in [4.69, 9.17) is 9.47 Å². The summed E-state index contributed by atoms with van der Waals surface area (Å²) in [4.78, 5) is 28.5. The predicted octanol–water partition coefficient (Wildman–Crippen LogP) is 2.40. The van der Waals surface area contributed by atoms with E-state index in [0.29, 0.717) is 22.4 Å². The number of thioether (sulfide) groups is 1. The fourth-order valence-corrected chi connectivity index (χ4v) is 3.93. The molecule has 0 aliphatic carbocycles. The van der Waals surface area contributed by atoms with Crippen LogP contribution in [0.15, 0.2) is 66.0 Å². The number of carbonyl (C=O) groups excluding carboxylic acids is 2. The van der Waals surface area contributed by atoms with Crippen LogP contribution >= 0.6 is 11.8 Å². The van der Waals surface area contributed by atoms with Gasteiger partial charge in [0, 0.05) is 29.8 Å². The van der Waals surface area contributed by atoms with E-state index in [1.807, 2.05) is 30.3 Å². The second-order valence-corrected chi connectivity index (χ2v) is 7.52. The van der Waals surface area contributed by atoms with Gasteiger partial charge < -0.3 is 14.8 Å². The first kappa shape index (κ1) is 20.6. The van der Waals surface area contributed by atoms with Crippen molar-refractivity contribution in [3.8, 4) is 11.5 Å². The Hall–Kier alpha value is -3.66. The van der Waals surface area contributed by atoms with Gasteiger partial charge in [0.25, 0.3) is 5.91 Å². The number of hydrazone groups is 1. The van der Waals surface area contributed by atoms with E-state index in [1.165, 1.54) is 18.9 Å². The second kappa shape index (κ2) is 9.00. The van der Waals surface area contributed by atoms with Crippen molar-refractivity contribution < 1.29 is 19.1 Å². The molecule has 31 heavy (non-hydrogen) atoms. The first-order valence-electron chi connectivity index (χ1n) is 9.43. The molecule has 1 unspecified atom stereocenters. The Balaban J connectivity index is 1.36. The minimum absolute atomic E-state index is 0.127. The van der Waals surface area contributed by atoms with E-state index in [0.717, 1.165) is 5.69 Å². The molecular formula is C21H21N5O4S. The van der Waals surface area contributed by atoms with Gasteiger partial charge in [-0.05, 0) is 24.3 Å². The monoisotopic (exact) mass is 439 g/mol. The van der Waals surface area contributed by atoms with Crippen LogP contribution in [0.5, 0.6) is 11.5 Å². The van der Waals surface area contributed by atoms with E-state index >= 15 is 0 Å². The van der Waals surface area contributed by atoms with Crippen LogP contribution < -0.4 is 25.1 Å². The highest BCUT2D eigenvalue weighted by atomic mass is 32.2. The highest BCUT2D eigenvalue weighted by molar-refractivity contribution is 8.14. The average molecular weight is 439 g/mol. The van der Waals surface area contributed by atoms with Crippen LogP contribution in [0.3, 0.4) is 0 Å². The number of nitrogens with one attached hydrogen (secondary N) is 2. The van der Waals surface area contributed by atoms with Crippen molar-refractivity contribution in [2.45, 2.75) is 6.17 Å². The van der Waals surface area contributed by atoms with Crippen LogP contribution in [0.2, 0.25) is 0 Å². The maximum atomic E-state index is 12.8. The Kier molecular flexibility index (Phi) is 5.99. The van der Waals surface area contributed by atoms with Gasteiger partial charge in [0.2, 0.25) is 12.1 Å². The summed E-state index contributed by atoms with van der Waals surface area (Å²) in [6, 6.07) is 14.5. The summed E-state index contributed by atoms with van der Waals surface area (Å²) in [5.74, 6) is 0.880. The van der Waals surface area contributed by atoms with Crippen molar-refractivity contribution in [1.82, 2.24) is 10.3 Å². The maximum Gasteiger partial charge on any atom is 0.276 e. The third-order valence-corrected chi connectivity index (χ3v) is 5.63. The summed E-state index contributed by atoms with van der Waals surface area (Å²) in [6.45, 7) is 0. The van der Waals surface area contributed by atoms with Crippen molar-refractivity contribution in [2.24, 2.45) is 5.10 Å². The zero-order chi connectivity index (χ0) is 21.8. The smallest absolute Gasteiger partial charge is 0.276 e. The van der Waals surface area contributed by atoms with Crippen molar-refractivity contribution in [3.05, 3.63) is 60.9 Å². The molecule has 160 valence electrons. The van der Waals surface area contributed by atoms with Gasteiger partial charge >= 0.3 is 0 Å². The van der Waals surface area contributed by atoms with Crippen LogP contribution in [0.1, 0.15) is 0 Å². The Morgan fingerprint density at radius 2 is 1.90 bits per heavy atom. The number of hydrogen-bond acceptors (Lipinski definition) is 8. The molecule has 2 heterocycles. The van der Waals surface area contributed by atoms with Crippen molar-refractivity contribution >= 4 is 40.1 Å². The number of methoxy groups -OCH3 is 2. The van der Waals surface area contributed by atoms with Crippen LogP contribution in [-0.4, -0.2) is 48.0 Å². The van der Waals surface area contributed by atoms with Crippen molar-refractivity contribution in [2.75, 3.05) is 30.2 Å². The molecule has 0 spiro atoms. The highest BCUT2D eigenvalue weighted by Gasteiger charge is 2.38. The SMILES string of the molecule is COc1ccc(NC(=O)CSC2=NNC3C(=O)N(c4ccccc4)C=CN23)cc1OC. The first-order valence-corrected chi connectivity index (χ1v) is 10.4. The lowest BCUT2D eigenvalue weighted by Gasteiger charge is -2.31. The number of benzene rings is 2. The molecular weight excluding hydrogens is 418 g/mol. The Bertz CT molecular complexity index is 1040. The number of carbonyl (C=O) groups is 2.